The molecular formula is C20H18ClN3O3. The van der Waals surface area contributed by atoms with Crippen LogP contribution < -0.4 is 14.8 Å². The quantitative estimate of drug-likeness (QED) is 0.661. The topological polar surface area (TPSA) is 73.3 Å². The number of carbonyl (C=O) groups is 1. The molecule has 27 heavy (non-hydrogen) atoms. The van der Waals surface area contributed by atoms with Gasteiger partial charge in [-0.1, -0.05) is 29.8 Å². The number of amides is 1. The lowest BCUT2D eigenvalue weighted by Crippen LogP contribution is -2.20. The van der Waals surface area contributed by atoms with Gasteiger partial charge in [-0.05, 0) is 43.3 Å². The summed E-state index contributed by atoms with van der Waals surface area (Å²) in [5.41, 5.74) is 2.27. The number of nitrogens with one attached hydrogen (secondary N) is 1. The Bertz CT molecular complexity index is 899. The molecule has 0 unspecified atom stereocenters. The van der Waals surface area contributed by atoms with Crippen LogP contribution in [0.5, 0.6) is 11.6 Å². The highest BCUT2D eigenvalue weighted by molar-refractivity contribution is 6.30. The van der Waals surface area contributed by atoms with Crippen molar-refractivity contribution in [3.8, 4) is 22.9 Å². The number of hydrogen-bond donors (Lipinski definition) is 1. The van der Waals surface area contributed by atoms with Gasteiger partial charge in [0, 0.05) is 22.3 Å². The zero-order valence-electron chi connectivity index (χ0n) is 14.7. The number of rotatable bonds is 7. The lowest BCUT2D eigenvalue weighted by atomic mass is 10.1. The molecule has 0 aliphatic heterocycles. The molecule has 2 aromatic carbocycles. The Morgan fingerprint density at radius 1 is 1.04 bits per heavy atom. The highest BCUT2D eigenvalue weighted by atomic mass is 35.5. The Labute approximate surface area is 162 Å². The molecule has 138 valence electrons. The molecule has 1 aromatic heterocycles. The van der Waals surface area contributed by atoms with Crippen molar-refractivity contribution in [2.24, 2.45) is 0 Å². The summed E-state index contributed by atoms with van der Waals surface area (Å²) in [7, 11) is 0. The second-order valence-corrected chi connectivity index (χ2v) is 6.00. The van der Waals surface area contributed by atoms with E-state index >= 15 is 0 Å². The normalized spacial score (nSPS) is 10.3. The van der Waals surface area contributed by atoms with Crippen molar-refractivity contribution in [3.63, 3.8) is 0 Å². The number of carbonyl (C=O) groups excluding carboxylic acids is 1. The van der Waals surface area contributed by atoms with Gasteiger partial charge >= 0.3 is 0 Å². The van der Waals surface area contributed by atoms with Crippen LogP contribution in [0.15, 0.2) is 60.7 Å². The van der Waals surface area contributed by atoms with Gasteiger partial charge in [0.25, 0.3) is 5.91 Å². The number of hydrogen-bond acceptors (Lipinski definition) is 5. The van der Waals surface area contributed by atoms with Gasteiger partial charge in [-0.3, -0.25) is 4.79 Å². The highest BCUT2D eigenvalue weighted by Crippen LogP contribution is 2.20. The largest absolute Gasteiger partial charge is 0.484 e. The minimum absolute atomic E-state index is 0.105. The van der Waals surface area contributed by atoms with Crippen molar-refractivity contribution < 1.29 is 14.3 Å². The molecule has 0 fully saturated rings. The Kier molecular flexibility index (Phi) is 6.22. The molecule has 0 saturated carbocycles. The third-order valence-corrected chi connectivity index (χ3v) is 3.80. The Hall–Kier alpha value is -3.12. The molecule has 1 amide bonds. The van der Waals surface area contributed by atoms with Gasteiger partial charge in [-0.15, -0.1) is 10.2 Å². The van der Waals surface area contributed by atoms with E-state index < -0.39 is 0 Å². The lowest BCUT2D eigenvalue weighted by molar-refractivity contribution is -0.118. The smallest absolute Gasteiger partial charge is 0.262 e. The van der Waals surface area contributed by atoms with Gasteiger partial charge in [0.15, 0.2) is 6.61 Å². The molecule has 0 saturated heterocycles. The van der Waals surface area contributed by atoms with Crippen LogP contribution in [0.1, 0.15) is 6.92 Å². The van der Waals surface area contributed by atoms with E-state index in [-0.39, 0.29) is 12.5 Å². The van der Waals surface area contributed by atoms with Gasteiger partial charge < -0.3 is 14.8 Å². The first-order chi connectivity index (χ1) is 13.1. The molecule has 1 N–H and O–H groups in total. The maximum absolute atomic E-state index is 12.0. The maximum atomic E-state index is 12.0. The van der Waals surface area contributed by atoms with Gasteiger partial charge in [0.05, 0.1) is 12.3 Å². The molecular weight excluding hydrogens is 366 g/mol. The first kappa shape index (κ1) is 18.7. The Balaban J connectivity index is 1.56. The van der Waals surface area contributed by atoms with Crippen LogP contribution in [-0.4, -0.2) is 29.3 Å². The minimum Gasteiger partial charge on any atom is -0.484 e. The van der Waals surface area contributed by atoms with Crippen molar-refractivity contribution in [2.45, 2.75) is 6.92 Å². The monoisotopic (exact) mass is 383 g/mol. The van der Waals surface area contributed by atoms with Crippen LogP contribution in [0.4, 0.5) is 5.69 Å². The van der Waals surface area contributed by atoms with Gasteiger partial charge in [0.2, 0.25) is 5.88 Å². The highest BCUT2D eigenvalue weighted by Gasteiger charge is 2.06. The van der Waals surface area contributed by atoms with Crippen molar-refractivity contribution in [2.75, 3.05) is 18.5 Å². The average molecular weight is 384 g/mol. The summed E-state index contributed by atoms with van der Waals surface area (Å²) in [6.07, 6.45) is 0. The molecule has 6 nitrogen and oxygen atoms in total. The lowest BCUT2D eigenvalue weighted by Gasteiger charge is -2.08. The van der Waals surface area contributed by atoms with Gasteiger partial charge in [-0.2, -0.15) is 0 Å². The van der Waals surface area contributed by atoms with E-state index in [1.807, 2.05) is 25.1 Å². The summed E-state index contributed by atoms with van der Waals surface area (Å²) in [6, 6.07) is 17.8. The fourth-order valence-electron chi connectivity index (χ4n) is 2.33. The molecule has 0 aliphatic carbocycles. The van der Waals surface area contributed by atoms with Crippen LogP contribution in [0.25, 0.3) is 11.3 Å². The number of halogens is 1. The molecule has 0 atom stereocenters. The molecule has 0 radical (unpaired) electrons. The molecule has 3 aromatic rings. The van der Waals surface area contributed by atoms with E-state index in [1.54, 1.807) is 42.5 Å². The Morgan fingerprint density at radius 2 is 1.85 bits per heavy atom. The number of anilines is 1. The van der Waals surface area contributed by atoms with Crippen LogP contribution in [0.3, 0.4) is 0 Å². The maximum Gasteiger partial charge on any atom is 0.262 e. The van der Waals surface area contributed by atoms with Crippen molar-refractivity contribution in [3.05, 3.63) is 65.7 Å². The SMILES string of the molecule is CCOc1ccc(-c2ccc(NC(=O)COc3cccc(Cl)c3)cc2)nn1. The first-order valence-corrected chi connectivity index (χ1v) is 8.77. The van der Waals surface area contributed by atoms with Crippen molar-refractivity contribution in [1.29, 1.82) is 0 Å². The zero-order valence-corrected chi connectivity index (χ0v) is 15.4. The third-order valence-electron chi connectivity index (χ3n) is 3.56. The van der Waals surface area contributed by atoms with E-state index in [0.717, 1.165) is 11.3 Å². The van der Waals surface area contributed by atoms with Crippen molar-refractivity contribution in [1.82, 2.24) is 10.2 Å². The summed E-state index contributed by atoms with van der Waals surface area (Å²) < 4.78 is 10.7. The second kappa shape index (κ2) is 9.00. The molecule has 7 heteroatoms. The standard InChI is InChI=1S/C20H18ClN3O3/c1-2-26-20-11-10-18(23-24-20)14-6-8-16(9-7-14)22-19(25)13-27-17-5-3-4-15(21)12-17/h3-12H,2,13H2,1H3,(H,22,25). The Morgan fingerprint density at radius 3 is 2.52 bits per heavy atom. The number of ether oxygens (including phenoxy) is 2. The summed E-state index contributed by atoms with van der Waals surface area (Å²) in [5.74, 6) is 0.774. The summed E-state index contributed by atoms with van der Waals surface area (Å²) in [4.78, 5) is 12.0. The van der Waals surface area contributed by atoms with Gasteiger partial charge in [0.1, 0.15) is 5.75 Å². The van der Waals surface area contributed by atoms with E-state index in [2.05, 4.69) is 15.5 Å². The van der Waals surface area contributed by atoms with E-state index in [4.69, 9.17) is 21.1 Å². The van der Waals surface area contributed by atoms with E-state index in [9.17, 15) is 4.79 Å². The first-order valence-electron chi connectivity index (χ1n) is 8.39. The third kappa shape index (κ3) is 5.43. The number of benzene rings is 2. The average Bonchev–Trinajstić information content (AvgIpc) is 2.68. The number of nitrogens with zero attached hydrogens (tertiary/aromatic N) is 2. The summed E-state index contributed by atoms with van der Waals surface area (Å²) in [6.45, 7) is 2.33. The van der Waals surface area contributed by atoms with Crippen LogP contribution in [-0.2, 0) is 4.79 Å². The number of aromatic nitrogens is 2. The molecule has 1 heterocycles. The van der Waals surface area contributed by atoms with Crippen LogP contribution >= 0.6 is 11.6 Å². The molecule has 0 spiro atoms. The fraction of sp³-hybridized carbons (Fsp3) is 0.150. The van der Waals surface area contributed by atoms with Crippen LogP contribution in [0.2, 0.25) is 5.02 Å². The minimum atomic E-state index is -0.261. The van der Waals surface area contributed by atoms with Gasteiger partial charge in [-0.25, -0.2) is 0 Å². The fourth-order valence-corrected chi connectivity index (χ4v) is 2.51. The molecule has 0 aliphatic rings. The predicted molar refractivity (Wildman–Crippen MR) is 104 cm³/mol. The summed E-state index contributed by atoms with van der Waals surface area (Å²) >= 11 is 5.88. The molecule has 0 bridgehead atoms. The van der Waals surface area contributed by atoms with Crippen molar-refractivity contribution >= 4 is 23.2 Å². The zero-order chi connectivity index (χ0) is 19.1. The van der Waals surface area contributed by atoms with E-state index in [1.165, 1.54) is 0 Å². The van der Waals surface area contributed by atoms with E-state index in [0.29, 0.717) is 28.9 Å². The van der Waals surface area contributed by atoms with Crippen LogP contribution in [0, 0.1) is 0 Å². The second-order valence-electron chi connectivity index (χ2n) is 5.56. The molecule has 3 rings (SSSR count). The summed E-state index contributed by atoms with van der Waals surface area (Å²) in [5, 5.41) is 11.5. The predicted octanol–water partition coefficient (Wildman–Crippen LogP) is 4.21.